The maximum Gasteiger partial charge on any atom is 0.191 e. The van der Waals surface area contributed by atoms with Crippen molar-refractivity contribution in [2.45, 2.75) is 19.9 Å². The first-order valence-corrected chi connectivity index (χ1v) is 8.48. The molecule has 0 unspecified atom stereocenters. The van der Waals surface area contributed by atoms with Crippen LogP contribution in [-0.4, -0.2) is 28.8 Å². The molecule has 0 saturated carbocycles. The van der Waals surface area contributed by atoms with Crippen LogP contribution in [0, 0.1) is 0 Å². The standard InChI is InChI=1S/C19H23N5O/c1-2-20-19(22-14-18-9-6-12-25-18)21-11-10-16-13-23-24(15-16)17-7-4-3-5-8-17/h3-9,12-13,15H,2,10-11,14H2,1H3,(H2,20,21,22). The zero-order valence-electron chi connectivity index (χ0n) is 14.4. The van der Waals surface area contributed by atoms with Crippen molar-refractivity contribution in [3.63, 3.8) is 0 Å². The van der Waals surface area contributed by atoms with E-state index in [2.05, 4.69) is 26.9 Å². The summed E-state index contributed by atoms with van der Waals surface area (Å²) >= 11 is 0. The number of nitrogens with one attached hydrogen (secondary N) is 2. The van der Waals surface area contributed by atoms with Crippen LogP contribution < -0.4 is 10.6 Å². The van der Waals surface area contributed by atoms with Gasteiger partial charge >= 0.3 is 0 Å². The maximum absolute atomic E-state index is 5.31. The van der Waals surface area contributed by atoms with Gasteiger partial charge < -0.3 is 15.1 Å². The van der Waals surface area contributed by atoms with Crippen molar-refractivity contribution in [3.8, 4) is 5.69 Å². The lowest BCUT2D eigenvalue weighted by Gasteiger charge is -2.10. The van der Waals surface area contributed by atoms with Crippen molar-refractivity contribution in [1.29, 1.82) is 0 Å². The van der Waals surface area contributed by atoms with Gasteiger partial charge in [-0.25, -0.2) is 9.67 Å². The third kappa shape index (κ3) is 4.97. The van der Waals surface area contributed by atoms with Crippen molar-refractivity contribution >= 4 is 5.96 Å². The van der Waals surface area contributed by atoms with E-state index < -0.39 is 0 Å². The highest BCUT2D eigenvalue weighted by Crippen LogP contribution is 2.07. The summed E-state index contributed by atoms with van der Waals surface area (Å²) in [5.74, 6) is 1.63. The highest BCUT2D eigenvalue weighted by Gasteiger charge is 2.02. The summed E-state index contributed by atoms with van der Waals surface area (Å²) in [5.41, 5.74) is 2.24. The number of hydrogen-bond acceptors (Lipinski definition) is 3. The Morgan fingerprint density at radius 3 is 2.80 bits per heavy atom. The largest absolute Gasteiger partial charge is 0.467 e. The predicted molar refractivity (Wildman–Crippen MR) is 98.8 cm³/mol. The van der Waals surface area contributed by atoms with Gasteiger partial charge in [0.2, 0.25) is 0 Å². The lowest BCUT2D eigenvalue weighted by Crippen LogP contribution is -2.38. The molecule has 6 nitrogen and oxygen atoms in total. The third-order valence-corrected chi connectivity index (χ3v) is 3.68. The fourth-order valence-corrected chi connectivity index (χ4v) is 2.44. The van der Waals surface area contributed by atoms with Gasteiger partial charge in [0, 0.05) is 19.3 Å². The molecule has 0 aliphatic rings. The normalized spacial score (nSPS) is 11.5. The van der Waals surface area contributed by atoms with E-state index in [-0.39, 0.29) is 0 Å². The molecule has 2 heterocycles. The summed E-state index contributed by atoms with van der Waals surface area (Å²) in [6.07, 6.45) is 6.50. The third-order valence-electron chi connectivity index (χ3n) is 3.68. The Labute approximate surface area is 147 Å². The first kappa shape index (κ1) is 16.8. The number of aromatic nitrogens is 2. The molecule has 0 amide bonds. The van der Waals surface area contributed by atoms with Gasteiger partial charge in [-0.2, -0.15) is 5.10 Å². The molecule has 0 atom stereocenters. The molecule has 2 N–H and O–H groups in total. The molecule has 0 radical (unpaired) electrons. The molecule has 0 aliphatic carbocycles. The number of nitrogens with zero attached hydrogens (tertiary/aromatic N) is 3. The van der Waals surface area contributed by atoms with Gasteiger partial charge in [0.15, 0.2) is 5.96 Å². The zero-order valence-corrected chi connectivity index (χ0v) is 14.4. The molecule has 0 fully saturated rings. The van der Waals surface area contributed by atoms with Gasteiger partial charge in [-0.1, -0.05) is 18.2 Å². The monoisotopic (exact) mass is 337 g/mol. The number of benzene rings is 1. The average molecular weight is 337 g/mol. The molecule has 2 aromatic heterocycles. The Balaban J connectivity index is 1.52. The summed E-state index contributed by atoms with van der Waals surface area (Å²) < 4.78 is 7.20. The molecule has 1 aromatic carbocycles. The van der Waals surface area contributed by atoms with Crippen molar-refractivity contribution in [1.82, 2.24) is 20.4 Å². The molecule has 25 heavy (non-hydrogen) atoms. The minimum absolute atomic E-state index is 0.522. The van der Waals surface area contributed by atoms with Crippen molar-refractivity contribution in [3.05, 3.63) is 72.4 Å². The number of furan rings is 1. The molecule has 6 heteroatoms. The lowest BCUT2D eigenvalue weighted by molar-refractivity contribution is 0.512. The van der Waals surface area contributed by atoms with Crippen molar-refractivity contribution in [2.24, 2.45) is 4.99 Å². The number of guanidine groups is 1. The highest BCUT2D eigenvalue weighted by molar-refractivity contribution is 5.79. The minimum atomic E-state index is 0.522. The molecular weight excluding hydrogens is 314 g/mol. The summed E-state index contributed by atoms with van der Waals surface area (Å²) in [6, 6.07) is 13.9. The van der Waals surface area contributed by atoms with Crippen molar-refractivity contribution < 1.29 is 4.42 Å². The SMILES string of the molecule is CCNC(=NCc1ccco1)NCCc1cnn(-c2ccccc2)c1. The van der Waals surface area contributed by atoms with Crippen LogP contribution in [0.2, 0.25) is 0 Å². The molecule has 130 valence electrons. The zero-order chi connectivity index (χ0) is 17.3. The smallest absolute Gasteiger partial charge is 0.191 e. The Bertz CT molecular complexity index is 777. The molecule has 0 spiro atoms. The van der Waals surface area contributed by atoms with Gasteiger partial charge in [0.05, 0.1) is 18.1 Å². The fourth-order valence-electron chi connectivity index (χ4n) is 2.44. The molecule has 3 rings (SSSR count). The molecule has 0 aliphatic heterocycles. The van der Waals surface area contributed by atoms with Gasteiger partial charge in [-0.15, -0.1) is 0 Å². The number of aliphatic imine (C=N–C) groups is 1. The Morgan fingerprint density at radius 1 is 1.16 bits per heavy atom. The Morgan fingerprint density at radius 2 is 2.04 bits per heavy atom. The molecule has 0 bridgehead atoms. The Hall–Kier alpha value is -3.02. The van der Waals surface area contributed by atoms with Gasteiger partial charge in [-0.3, -0.25) is 0 Å². The number of para-hydroxylation sites is 1. The molecular formula is C19H23N5O. The van der Waals surface area contributed by atoms with E-state index >= 15 is 0 Å². The molecule has 3 aromatic rings. The van der Waals surface area contributed by atoms with Gasteiger partial charge in [0.25, 0.3) is 0 Å². The second kappa shape index (κ2) is 8.73. The van der Waals surface area contributed by atoms with Crippen LogP contribution in [0.4, 0.5) is 0 Å². The summed E-state index contributed by atoms with van der Waals surface area (Å²) in [5, 5.41) is 11.0. The Kier molecular flexibility index (Phi) is 5.87. The number of hydrogen-bond donors (Lipinski definition) is 2. The summed E-state index contributed by atoms with van der Waals surface area (Å²) in [7, 11) is 0. The van der Waals surface area contributed by atoms with E-state index in [4.69, 9.17) is 4.42 Å². The molecule has 0 saturated heterocycles. The quantitative estimate of drug-likeness (QED) is 0.514. The first-order chi connectivity index (χ1) is 12.3. The second-order valence-corrected chi connectivity index (χ2v) is 5.58. The van der Waals surface area contributed by atoms with Crippen molar-refractivity contribution in [2.75, 3.05) is 13.1 Å². The van der Waals surface area contributed by atoms with Crippen LogP contribution in [-0.2, 0) is 13.0 Å². The summed E-state index contributed by atoms with van der Waals surface area (Å²) in [6.45, 7) is 4.17. The average Bonchev–Trinajstić information content (AvgIpc) is 3.32. The highest BCUT2D eigenvalue weighted by atomic mass is 16.3. The van der Waals surface area contributed by atoms with Gasteiger partial charge in [0.1, 0.15) is 12.3 Å². The van der Waals surface area contributed by atoms with E-state index in [1.165, 1.54) is 5.56 Å². The van der Waals surface area contributed by atoms with Crippen LogP contribution in [0.25, 0.3) is 5.69 Å². The van der Waals surface area contributed by atoms with E-state index in [1.54, 1.807) is 6.26 Å². The predicted octanol–water partition coefficient (Wildman–Crippen LogP) is 2.76. The van der Waals surface area contributed by atoms with E-state index in [0.29, 0.717) is 6.54 Å². The van der Waals surface area contributed by atoms with Crippen LogP contribution in [0.15, 0.2) is 70.5 Å². The first-order valence-electron chi connectivity index (χ1n) is 8.48. The van der Waals surface area contributed by atoms with E-state index in [1.807, 2.05) is 60.3 Å². The van der Waals surface area contributed by atoms with Crippen LogP contribution in [0.5, 0.6) is 0 Å². The second-order valence-electron chi connectivity index (χ2n) is 5.58. The minimum Gasteiger partial charge on any atom is -0.467 e. The number of rotatable bonds is 7. The van der Waals surface area contributed by atoms with E-state index in [0.717, 1.165) is 36.9 Å². The topological polar surface area (TPSA) is 67.4 Å². The van der Waals surface area contributed by atoms with Crippen LogP contribution in [0.1, 0.15) is 18.2 Å². The van der Waals surface area contributed by atoms with Crippen LogP contribution >= 0.6 is 0 Å². The fraction of sp³-hybridized carbons (Fsp3) is 0.263. The lowest BCUT2D eigenvalue weighted by atomic mass is 10.2. The van der Waals surface area contributed by atoms with E-state index in [9.17, 15) is 0 Å². The van der Waals surface area contributed by atoms with Crippen LogP contribution in [0.3, 0.4) is 0 Å². The van der Waals surface area contributed by atoms with Gasteiger partial charge in [-0.05, 0) is 43.2 Å². The summed E-state index contributed by atoms with van der Waals surface area (Å²) in [4.78, 5) is 4.52. The maximum atomic E-state index is 5.31.